The maximum absolute atomic E-state index is 12.3. The number of hydrogen-bond acceptors (Lipinski definition) is 4. The lowest BCUT2D eigenvalue weighted by Crippen LogP contribution is -2.32. The highest BCUT2D eigenvalue weighted by molar-refractivity contribution is 7.89. The molecule has 0 saturated carbocycles. The number of pyridine rings is 1. The molecule has 3 aromatic rings. The van der Waals surface area contributed by atoms with Gasteiger partial charge >= 0.3 is 0 Å². The van der Waals surface area contributed by atoms with Crippen molar-refractivity contribution in [1.82, 2.24) is 19.4 Å². The third-order valence-corrected chi connectivity index (χ3v) is 6.12. The predicted octanol–water partition coefficient (Wildman–Crippen LogP) is 2.99. The van der Waals surface area contributed by atoms with Gasteiger partial charge in [-0.3, -0.25) is 4.79 Å². The first-order valence-corrected chi connectivity index (χ1v) is 10.7. The lowest BCUT2D eigenvalue weighted by Gasteiger charge is -2.12. The zero-order valence-corrected chi connectivity index (χ0v) is 17.1. The summed E-state index contributed by atoms with van der Waals surface area (Å²) in [5.41, 5.74) is 1.79. The molecular formula is C19H21ClN4O3S. The number of carbonyl (C=O) groups excluding carboxylic acids is 1. The first-order valence-electron chi connectivity index (χ1n) is 8.82. The molecule has 0 bridgehead atoms. The van der Waals surface area contributed by atoms with E-state index in [9.17, 15) is 13.2 Å². The van der Waals surface area contributed by atoms with Crippen molar-refractivity contribution in [2.45, 2.75) is 37.8 Å². The van der Waals surface area contributed by atoms with Crippen LogP contribution < -0.4 is 10.0 Å². The van der Waals surface area contributed by atoms with Crippen molar-refractivity contribution >= 4 is 33.2 Å². The van der Waals surface area contributed by atoms with E-state index in [1.54, 1.807) is 35.9 Å². The molecule has 9 heteroatoms. The number of halogens is 1. The smallest absolute Gasteiger partial charge is 0.251 e. The van der Waals surface area contributed by atoms with Gasteiger partial charge < -0.3 is 9.72 Å². The van der Waals surface area contributed by atoms with Gasteiger partial charge in [0.2, 0.25) is 10.0 Å². The minimum atomic E-state index is -3.59. The summed E-state index contributed by atoms with van der Waals surface area (Å²) in [5.74, 6) is -0.311. The zero-order chi connectivity index (χ0) is 20.3. The third-order valence-electron chi connectivity index (χ3n) is 4.29. The van der Waals surface area contributed by atoms with Crippen LogP contribution in [0.2, 0.25) is 5.02 Å². The van der Waals surface area contributed by atoms with Crippen molar-refractivity contribution in [2.24, 2.45) is 0 Å². The Morgan fingerprint density at radius 1 is 1.18 bits per heavy atom. The van der Waals surface area contributed by atoms with Crippen LogP contribution >= 0.6 is 11.6 Å². The highest BCUT2D eigenvalue weighted by atomic mass is 35.5. The van der Waals surface area contributed by atoms with Crippen molar-refractivity contribution in [2.75, 3.05) is 0 Å². The molecule has 1 amide bonds. The summed E-state index contributed by atoms with van der Waals surface area (Å²) < 4.78 is 28.9. The molecule has 0 aliphatic carbocycles. The van der Waals surface area contributed by atoms with Crippen molar-refractivity contribution in [1.29, 1.82) is 0 Å². The highest BCUT2D eigenvalue weighted by Gasteiger charge is 2.17. The Balaban J connectivity index is 1.65. The molecule has 1 atom stereocenters. The van der Waals surface area contributed by atoms with Crippen LogP contribution in [0.15, 0.2) is 53.7 Å². The number of sulfonamides is 1. The average molecular weight is 421 g/mol. The molecular weight excluding hydrogens is 400 g/mol. The normalized spacial score (nSPS) is 12.8. The van der Waals surface area contributed by atoms with Crippen LogP contribution in [0.4, 0.5) is 0 Å². The highest BCUT2D eigenvalue weighted by Crippen LogP contribution is 2.13. The number of rotatable bonds is 7. The maximum atomic E-state index is 12.3. The monoisotopic (exact) mass is 420 g/mol. The summed E-state index contributed by atoms with van der Waals surface area (Å²) in [6.45, 7) is 3.94. The van der Waals surface area contributed by atoms with Crippen molar-refractivity contribution in [3.05, 3.63) is 65.1 Å². The van der Waals surface area contributed by atoms with E-state index in [1.165, 1.54) is 24.3 Å². The molecule has 7 nitrogen and oxygen atoms in total. The summed E-state index contributed by atoms with van der Waals surface area (Å²) in [7, 11) is -3.59. The fourth-order valence-electron chi connectivity index (χ4n) is 2.58. The largest absolute Gasteiger partial charge is 0.346 e. The average Bonchev–Trinajstić information content (AvgIpc) is 3.07. The van der Waals surface area contributed by atoms with E-state index in [0.717, 1.165) is 5.65 Å². The van der Waals surface area contributed by atoms with E-state index in [1.807, 2.05) is 6.92 Å². The van der Waals surface area contributed by atoms with Crippen LogP contribution in [0.1, 0.15) is 36.3 Å². The predicted molar refractivity (Wildman–Crippen MR) is 108 cm³/mol. The summed E-state index contributed by atoms with van der Waals surface area (Å²) in [4.78, 5) is 16.9. The standard InChI is InChI=1S/C19H21ClN4O3S/c1-3-13(2)23-28(26,27)17-7-4-14(5-8-17)19(25)21-10-16-12-24-11-15(20)6-9-18(24)22-16/h4-9,11-13,23H,3,10H2,1-2H3,(H,21,25). The Morgan fingerprint density at radius 3 is 2.57 bits per heavy atom. The van der Waals surface area contributed by atoms with Gasteiger partial charge in [0.25, 0.3) is 5.91 Å². The molecule has 0 aliphatic rings. The number of nitrogens with one attached hydrogen (secondary N) is 2. The van der Waals surface area contributed by atoms with Gasteiger partial charge in [-0.1, -0.05) is 18.5 Å². The van der Waals surface area contributed by atoms with Gasteiger partial charge in [0.1, 0.15) is 5.65 Å². The molecule has 148 valence electrons. The molecule has 0 fully saturated rings. The molecule has 3 rings (SSSR count). The second-order valence-corrected chi connectivity index (χ2v) is 8.63. The van der Waals surface area contributed by atoms with Crippen molar-refractivity contribution in [3.63, 3.8) is 0 Å². The summed E-state index contributed by atoms with van der Waals surface area (Å²) in [6, 6.07) is 9.21. The zero-order valence-electron chi connectivity index (χ0n) is 15.5. The number of carbonyl (C=O) groups is 1. The lowest BCUT2D eigenvalue weighted by molar-refractivity contribution is 0.0950. The number of aromatic nitrogens is 2. The van der Waals surface area contributed by atoms with Crippen molar-refractivity contribution < 1.29 is 13.2 Å². The molecule has 2 heterocycles. The number of benzene rings is 1. The van der Waals surface area contributed by atoms with Gasteiger partial charge in [-0.25, -0.2) is 18.1 Å². The van der Waals surface area contributed by atoms with Crippen LogP contribution in [0.25, 0.3) is 5.65 Å². The van der Waals surface area contributed by atoms with Crippen LogP contribution in [-0.2, 0) is 16.6 Å². The summed E-state index contributed by atoms with van der Waals surface area (Å²) >= 11 is 5.95. The molecule has 0 spiro atoms. The molecule has 28 heavy (non-hydrogen) atoms. The van der Waals surface area contributed by atoms with Gasteiger partial charge in [0, 0.05) is 24.0 Å². The van der Waals surface area contributed by atoms with E-state index in [2.05, 4.69) is 15.0 Å². The van der Waals surface area contributed by atoms with Gasteiger partial charge in [-0.05, 0) is 49.7 Å². The Kier molecular flexibility index (Phi) is 6.02. The SMILES string of the molecule is CCC(C)NS(=O)(=O)c1ccc(C(=O)NCc2cn3cc(Cl)ccc3n2)cc1. The molecule has 2 aromatic heterocycles. The van der Waals surface area contributed by atoms with E-state index < -0.39 is 10.0 Å². The minimum absolute atomic E-state index is 0.126. The first kappa shape index (κ1) is 20.3. The molecule has 2 N–H and O–H groups in total. The lowest BCUT2D eigenvalue weighted by atomic mass is 10.2. The fourth-order valence-corrected chi connectivity index (χ4v) is 4.07. The van der Waals surface area contributed by atoms with Crippen LogP contribution in [-0.4, -0.2) is 29.8 Å². The number of amides is 1. The Morgan fingerprint density at radius 2 is 1.89 bits per heavy atom. The Bertz CT molecular complexity index is 1090. The van der Waals surface area contributed by atoms with Gasteiger partial charge in [0.15, 0.2) is 0 Å². The molecule has 1 unspecified atom stereocenters. The molecule has 0 radical (unpaired) electrons. The van der Waals surface area contributed by atoms with E-state index in [0.29, 0.717) is 22.7 Å². The van der Waals surface area contributed by atoms with Gasteiger partial charge in [-0.2, -0.15) is 0 Å². The van der Waals surface area contributed by atoms with Crippen LogP contribution in [0.3, 0.4) is 0 Å². The number of imidazole rings is 1. The molecule has 0 saturated heterocycles. The number of fused-ring (bicyclic) bond motifs is 1. The quantitative estimate of drug-likeness (QED) is 0.614. The molecule has 0 aliphatic heterocycles. The topological polar surface area (TPSA) is 92.6 Å². The van der Waals surface area contributed by atoms with Crippen molar-refractivity contribution in [3.8, 4) is 0 Å². The Labute approximate surface area is 168 Å². The second kappa shape index (κ2) is 8.30. The number of hydrogen-bond donors (Lipinski definition) is 2. The molecule has 1 aromatic carbocycles. The van der Waals surface area contributed by atoms with E-state index >= 15 is 0 Å². The van der Waals surface area contributed by atoms with E-state index in [4.69, 9.17) is 11.6 Å². The first-order chi connectivity index (χ1) is 13.3. The van der Waals surface area contributed by atoms with Crippen LogP contribution in [0.5, 0.6) is 0 Å². The maximum Gasteiger partial charge on any atom is 0.251 e. The van der Waals surface area contributed by atoms with Gasteiger partial charge in [0.05, 0.1) is 22.2 Å². The van der Waals surface area contributed by atoms with E-state index in [-0.39, 0.29) is 23.4 Å². The summed E-state index contributed by atoms with van der Waals surface area (Å²) in [5, 5.41) is 3.37. The minimum Gasteiger partial charge on any atom is -0.346 e. The second-order valence-electron chi connectivity index (χ2n) is 6.48. The summed E-state index contributed by atoms with van der Waals surface area (Å²) in [6.07, 6.45) is 4.22. The van der Waals surface area contributed by atoms with Gasteiger partial charge in [-0.15, -0.1) is 0 Å². The fraction of sp³-hybridized carbons (Fsp3) is 0.263. The van der Waals surface area contributed by atoms with Crippen LogP contribution in [0, 0.1) is 0 Å². The Hall–Kier alpha value is -2.42. The third kappa shape index (κ3) is 4.70. The number of nitrogens with zero attached hydrogens (tertiary/aromatic N) is 2.